The minimum atomic E-state index is 0.00125. The van der Waals surface area contributed by atoms with Gasteiger partial charge in [0.1, 0.15) is 0 Å². The molecule has 0 spiro atoms. The molecular weight excluding hydrogens is 274 g/mol. The van der Waals surface area contributed by atoms with Crippen LogP contribution in [0.25, 0.3) is 5.69 Å². The van der Waals surface area contributed by atoms with E-state index in [1.807, 2.05) is 35.9 Å². The third-order valence-corrected chi connectivity index (χ3v) is 4.11. The van der Waals surface area contributed by atoms with E-state index in [4.69, 9.17) is 0 Å². The lowest BCUT2D eigenvalue weighted by Crippen LogP contribution is -2.27. The van der Waals surface area contributed by atoms with Crippen LogP contribution in [-0.2, 0) is 4.79 Å². The molecule has 1 aromatic heterocycles. The van der Waals surface area contributed by atoms with Gasteiger partial charge in [0.2, 0.25) is 5.91 Å². The second-order valence-corrected chi connectivity index (χ2v) is 5.82. The molecule has 22 heavy (non-hydrogen) atoms. The second-order valence-electron chi connectivity index (χ2n) is 5.82. The number of amides is 1. The van der Waals surface area contributed by atoms with Gasteiger partial charge in [0.05, 0.1) is 12.4 Å². The molecule has 0 saturated heterocycles. The largest absolute Gasteiger partial charge is 0.350 e. The Morgan fingerprint density at radius 3 is 3.14 bits per heavy atom. The van der Waals surface area contributed by atoms with E-state index in [1.165, 1.54) is 0 Å². The Morgan fingerprint density at radius 1 is 1.50 bits per heavy atom. The molecule has 114 valence electrons. The number of nitrogens with zero attached hydrogens (tertiary/aromatic N) is 2. The predicted molar refractivity (Wildman–Crippen MR) is 86.6 cm³/mol. The highest BCUT2D eigenvalue weighted by molar-refractivity contribution is 5.77. The van der Waals surface area contributed by atoms with Crippen molar-refractivity contribution in [3.8, 4) is 5.69 Å². The van der Waals surface area contributed by atoms with Gasteiger partial charge in [-0.2, -0.15) is 0 Å². The first-order valence-electron chi connectivity index (χ1n) is 7.76. The summed E-state index contributed by atoms with van der Waals surface area (Å²) in [4.78, 5) is 16.2. The quantitative estimate of drug-likeness (QED) is 0.859. The fourth-order valence-corrected chi connectivity index (χ4v) is 2.85. The van der Waals surface area contributed by atoms with Crippen LogP contribution in [0.1, 0.15) is 37.8 Å². The Kier molecular flexibility index (Phi) is 4.37. The van der Waals surface area contributed by atoms with E-state index in [-0.39, 0.29) is 11.9 Å². The lowest BCUT2D eigenvalue weighted by atomic mass is 10.0. The molecular formula is C18H21N3O. The fourth-order valence-electron chi connectivity index (χ4n) is 2.85. The van der Waals surface area contributed by atoms with Gasteiger partial charge in [-0.1, -0.05) is 24.3 Å². The third-order valence-electron chi connectivity index (χ3n) is 4.11. The molecule has 0 radical (unpaired) electrons. The van der Waals surface area contributed by atoms with Gasteiger partial charge < -0.3 is 9.88 Å². The number of allylic oxidation sites excluding steroid dienone is 2. The van der Waals surface area contributed by atoms with Crippen molar-refractivity contribution >= 4 is 5.91 Å². The molecule has 4 nitrogen and oxygen atoms in total. The zero-order chi connectivity index (χ0) is 15.4. The highest BCUT2D eigenvalue weighted by Gasteiger charge is 2.16. The number of hydrogen-bond acceptors (Lipinski definition) is 2. The number of benzene rings is 1. The normalized spacial score (nSPS) is 18.3. The van der Waals surface area contributed by atoms with Crippen LogP contribution in [0.5, 0.6) is 0 Å². The van der Waals surface area contributed by atoms with Gasteiger partial charge >= 0.3 is 0 Å². The molecule has 0 aliphatic heterocycles. The zero-order valence-corrected chi connectivity index (χ0v) is 12.8. The molecule has 4 heteroatoms. The molecule has 2 aromatic rings. The minimum absolute atomic E-state index is 0.00125. The van der Waals surface area contributed by atoms with Crippen molar-refractivity contribution in [2.45, 2.75) is 32.2 Å². The average molecular weight is 295 g/mol. The van der Waals surface area contributed by atoms with E-state index in [0.29, 0.717) is 12.3 Å². The molecule has 1 N–H and O–H groups in total. The highest BCUT2D eigenvalue weighted by Crippen LogP contribution is 2.21. The minimum Gasteiger partial charge on any atom is -0.350 e. The van der Waals surface area contributed by atoms with Gasteiger partial charge in [-0.05, 0) is 43.4 Å². The van der Waals surface area contributed by atoms with Gasteiger partial charge in [0.25, 0.3) is 0 Å². The van der Waals surface area contributed by atoms with E-state index in [2.05, 4.69) is 28.5 Å². The number of aromatic nitrogens is 2. The van der Waals surface area contributed by atoms with Crippen LogP contribution >= 0.6 is 0 Å². The summed E-state index contributed by atoms with van der Waals surface area (Å²) in [6, 6.07) is 8.17. The Balaban J connectivity index is 1.64. The van der Waals surface area contributed by atoms with Crippen molar-refractivity contribution in [3.63, 3.8) is 0 Å². The van der Waals surface area contributed by atoms with E-state index in [1.54, 1.807) is 12.5 Å². The van der Waals surface area contributed by atoms with E-state index in [9.17, 15) is 4.79 Å². The van der Waals surface area contributed by atoms with E-state index < -0.39 is 0 Å². The average Bonchev–Trinajstić information content (AvgIpc) is 3.20. The van der Waals surface area contributed by atoms with Crippen LogP contribution in [0.3, 0.4) is 0 Å². The third kappa shape index (κ3) is 3.45. The highest BCUT2D eigenvalue weighted by atomic mass is 16.1. The number of hydrogen-bond donors (Lipinski definition) is 1. The summed E-state index contributed by atoms with van der Waals surface area (Å²) in [5.74, 6) is 0.529. The first-order chi connectivity index (χ1) is 10.7. The van der Waals surface area contributed by atoms with Gasteiger partial charge in [-0.15, -0.1) is 0 Å². The Hall–Kier alpha value is -2.36. The maximum atomic E-state index is 12.1. The summed E-state index contributed by atoms with van der Waals surface area (Å²) >= 11 is 0. The summed E-state index contributed by atoms with van der Waals surface area (Å²) in [6.45, 7) is 2.02. The molecule has 3 rings (SSSR count). The van der Waals surface area contributed by atoms with Crippen molar-refractivity contribution in [1.29, 1.82) is 0 Å². The molecule has 2 unspecified atom stereocenters. The van der Waals surface area contributed by atoms with E-state index in [0.717, 1.165) is 24.1 Å². The van der Waals surface area contributed by atoms with Crippen molar-refractivity contribution in [1.82, 2.24) is 14.9 Å². The molecule has 0 fully saturated rings. The van der Waals surface area contributed by atoms with Crippen LogP contribution in [0.15, 0.2) is 55.1 Å². The first-order valence-corrected chi connectivity index (χ1v) is 7.76. The lowest BCUT2D eigenvalue weighted by Gasteiger charge is -2.17. The number of rotatable bonds is 5. The summed E-state index contributed by atoms with van der Waals surface area (Å²) in [7, 11) is 0. The predicted octanol–water partition coefficient (Wildman–Crippen LogP) is 3.41. The SMILES string of the molecule is CC(NC(=O)CC1C=CCC1)c1cccc(-n2ccnc2)c1. The van der Waals surface area contributed by atoms with Crippen LogP contribution in [0.4, 0.5) is 0 Å². The van der Waals surface area contributed by atoms with Crippen molar-refractivity contribution < 1.29 is 4.79 Å². The first kappa shape index (κ1) is 14.6. The molecule has 0 bridgehead atoms. The molecule has 1 amide bonds. The van der Waals surface area contributed by atoms with Crippen molar-refractivity contribution in [3.05, 3.63) is 60.7 Å². The Labute approximate surface area is 130 Å². The van der Waals surface area contributed by atoms with Gasteiger partial charge in [0, 0.05) is 24.5 Å². The maximum Gasteiger partial charge on any atom is 0.221 e. The molecule has 1 aliphatic rings. The maximum absolute atomic E-state index is 12.1. The summed E-state index contributed by atoms with van der Waals surface area (Å²) in [5.41, 5.74) is 2.15. The number of carbonyl (C=O) groups excluding carboxylic acids is 1. The number of nitrogens with one attached hydrogen (secondary N) is 1. The van der Waals surface area contributed by atoms with Gasteiger partial charge in [0.15, 0.2) is 0 Å². The zero-order valence-electron chi connectivity index (χ0n) is 12.8. The molecule has 1 aliphatic carbocycles. The summed E-state index contributed by atoms with van der Waals surface area (Å²) in [6.07, 6.45) is 12.5. The second kappa shape index (κ2) is 6.60. The van der Waals surface area contributed by atoms with E-state index >= 15 is 0 Å². The van der Waals surface area contributed by atoms with Gasteiger partial charge in [-0.3, -0.25) is 4.79 Å². The standard InChI is InChI=1S/C18H21N3O/c1-14(20-18(22)11-15-5-2-3-6-15)16-7-4-8-17(12-16)21-10-9-19-13-21/h2,4-5,7-10,12-15H,3,6,11H2,1H3,(H,20,22). The molecule has 0 saturated carbocycles. The van der Waals surface area contributed by atoms with Crippen LogP contribution in [-0.4, -0.2) is 15.5 Å². The Morgan fingerprint density at radius 2 is 2.41 bits per heavy atom. The summed E-state index contributed by atoms with van der Waals surface area (Å²) in [5, 5.41) is 3.10. The monoisotopic (exact) mass is 295 g/mol. The summed E-state index contributed by atoms with van der Waals surface area (Å²) < 4.78 is 1.96. The smallest absolute Gasteiger partial charge is 0.221 e. The van der Waals surface area contributed by atoms with Crippen molar-refractivity contribution in [2.24, 2.45) is 5.92 Å². The number of imidazole rings is 1. The van der Waals surface area contributed by atoms with Crippen LogP contribution in [0, 0.1) is 5.92 Å². The molecule has 1 aromatic carbocycles. The van der Waals surface area contributed by atoms with Gasteiger partial charge in [-0.25, -0.2) is 4.98 Å². The Bertz CT molecular complexity index is 661. The topological polar surface area (TPSA) is 46.9 Å². The van der Waals surface area contributed by atoms with Crippen molar-refractivity contribution in [2.75, 3.05) is 0 Å². The fraction of sp³-hybridized carbons (Fsp3) is 0.333. The van der Waals surface area contributed by atoms with Crippen LogP contribution in [0.2, 0.25) is 0 Å². The molecule has 1 heterocycles. The molecule has 2 atom stereocenters. The number of carbonyl (C=O) groups is 1. The lowest BCUT2D eigenvalue weighted by molar-refractivity contribution is -0.122. The van der Waals surface area contributed by atoms with Crippen LogP contribution < -0.4 is 5.32 Å².